The Labute approximate surface area is 157 Å². The fourth-order valence-corrected chi connectivity index (χ4v) is 3.52. The maximum Gasteiger partial charge on any atom is 0.410 e. The van der Waals surface area contributed by atoms with Gasteiger partial charge >= 0.3 is 17.9 Å². The molecule has 0 aromatic heterocycles. The summed E-state index contributed by atoms with van der Waals surface area (Å²) < 4.78 is 19.4. The predicted molar refractivity (Wildman–Crippen MR) is 95.3 cm³/mol. The third kappa shape index (κ3) is 4.04. The van der Waals surface area contributed by atoms with E-state index in [1.54, 1.807) is 19.2 Å². The molecular weight excluding hydrogens is 353 g/mol. The van der Waals surface area contributed by atoms with Crippen molar-refractivity contribution in [3.05, 3.63) is 35.1 Å². The van der Waals surface area contributed by atoms with Crippen molar-refractivity contribution in [1.29, 1.82) is 0 Å². The van der Waals surface area contributed by atoms with Crippen molar-refractivity contribution in [2.24, 2.45) is 0 Å². The van der Waals surface area contributed by atoms with Gasteiger partial charge in [0.1, 0.15) is 11.4 Å². The van der Waals surface area contributed by atoms with Crippen LogP contribution in [0, 0.1) is 5.82 Å². The van der Waals surface area contributed by atoms with Gasteiger partial charge < -0.3 is 19.9 Å². The molecule has 1 aromatic rings. The first kappa shape index (κ1) is 19.1. The van der Waals surface area contributed by atoms with E-state index >= 15 is 0 Å². The van der Waals surface area contributed by atoms with Crippen LogP contribution in [0.2, 0.25) is 0 Å². The minimum Gasteiger partial charge on any atom is -0.441 e. The van der Waals surface area contributed by atoms with Crippen LogP contribution in [0.4, 0.5) is 9.18 Å². The summed E-state index contributed by atoms with van der Waals surface area (Å²) in [4.78, 5) is 39.0. The lowest BCUT2D eigenvalue weighted by Gasteiger charge is -2.36. The molecule has 3 rings (SSSR count). The summed E-state index contributed by atoms with van der Waals surface area (Å²) in [5.74, 6) is -1.80. The highest BCUT2D eigenvalue weighted by Gasteiger charge is 2.46. The molecule has 2 heterocycles. The van der Waals surface area contributed by atoms with Crippen LogP contribution >= 0.6 is 0 Å². The number of nitrogens with one attached hydrogen (secondary N) is 1. The lowest BCUT2D eigenvalue weighted by Crippen LogP contribution is -2.52. The zero-order chi connectivity index (χ0) is 19.6. The molecule has 8 heteroatoms. The lowest BCUT2D eigenvalue weighted by molar-refractivity contribution is -0.148. The van der Waals surface area contributed by atoms with Gasteiger partial charge in [-0.15, -0.1) is 0 Å². The average Bonchev–Trinajstić information content (AvgIpc) is 2.93. The highest BCUT2D eigenvalue weighted by atomic mass is 19.1. The summed E-state index contributed by atoms with van der Waals surface area (Å²) in [6, 6.07) is 4.86. The summed E-state index contributed by atoms with van der Waals surface area (Å²) in [5, 5.41) is 2.49. The van der Waals surface area contributed by atoms with Gasteiger partial charge in [0.2, 0.25) is 0 Å². The first-order chi connectivity index (χ1) is 12.8. The third-order valence-corrected chi connectivity index (χ3v) is 5.26. The van der Waals surface area contributed by atoms with Crippen molar-refractivity contribution >= 4 is 17.9 Å². The molecule has 0 aliphatic carbocycles. The Morgan fingerprint density at radius 2 is 2.00 bits per heavy atom. The predicted octanol–water partition coefficient (Wildman–Crippen LogP) is 1.45. The number of likely N-dealkylation sites (tertiary alicyclic amines) is 1. The smallest absolute Gasteiger partial charge is 0.410 e. The van der Waals surface area contributed by atoms with Gasteiger partial charge in [0, 0.05) is 45.1 Å². The number of carbonyl (C=O) groups excluding carboxylic acids is 3. The molecule has 2 aliphatic heterocycles. The maximum atomic E-state index is 14.0. The van der Waals surface area contributed by atoms with E-state index in [1.807, 2.05) is 6.92 Å². The van der Waals surface area contributed by atoms with E-state index in [0.29, 0.717) is 38.0 Å². The summed E-state index contributed by atoms with van der Waals surface area (Å²) >= 11 is 0. The van der Waals surface area contributed by atoms with Crippen LogP contribution in [-0.2, 0) is 27.3 Å². The van der Waals surface area contributed by atoms with E-state index in [-0.39, 0.29) is 12.6 Å². The van der Waals surface area contributed by atoms with E-state index in [0.717, 1.165) is 12.0 Å². The zero-order valence-electron chi connectivity index (χ0n) is 15.6. The molecule has 1 N–H and O–H groups in total. The first-order valence-corrected chi connectivity index (χ1v) is 9.12. The van der Waals surface area contributed by atoms with Gasteiger partial charge in [-0.3, -0.25) is 9.59 Å². The lowest BCUT2D eigenvalue weighted by atomic mass is 9.91. The number of benzene rings is 1. The van der Waals surface area contributed by atoms with Gasteiger partial charge in [-0.2, -0.15) is 0 Å². The molecule has 0 bridgehead atoms. The van der Waals surface area contributed by atoms with Crippen LogP contribution in [-0.4, -0.2) is 60.0 Å². The Morgan fingerprint density at radius 3 is 2.56 bits per heavy atom. The molecular formula is C19H24FN3O4. The molecule has 1 aromatic carbocycles. The van der Waals surface area contributed by atoms with Gasteiger partial charge in [-0.05, 0) is 18.1 Å². The second kappa shape index (κ2) is 7.54. The number of hydrogen-bond donors (Lipinski definition) is 1. The number of nitrogens with zero attached hydrogens (tertiary/aromatic N) is 2. The largest absolute Gasteiger partial charge is 0.441 e. The molecule has 146 valence electrons. The van der Waals surface area contributed by atoms with Crippen molar-refractivity contribution < 1.29 is 23.5 Å². The second-order valence-corrected chi connectivity index (χ2v) is 7.16. The Kier molecular flexibility index (Phi) is 5.34. The number of ether oxygens (including phenoxy) is 1. The number of hydrogen-bond acceptors (Lipinski definition) is 4. The highest BCUT2D eigenvalue weighted by molar-refractivity contribution is 6.35. The minimum atomic E-state index is -0.759. The molecule has 1 spiro atoms. The molecule has 0 saturated carbocycles. The molecule has 0 radical (unpaired) electrons. The van der Waals surface area contributed by atoms with Crippen molar-refractivity contribution in [2.45, 2.75) is 38.3 Å². The second-order valence-electron chi connectivity index (χ2n) is 7.16. The number of rotatable bonds is 3. The number of halogens is 1. The van der Waals surface area contributed by atoms with E-state index in [4.69, 9.17) is 4.74 Å². The molecule has 27 heavy (non-hydrogen) atoms. The number of likely N-dealkylation sites (N-methyl/N-ethyl adjacent to an activating group) is 1. The summed E-state index contributed by atoms with van der Waals surface area (Å²) in [7, 11) is 1.67. The topological polar surface area (TPSA) is 79.0 Å². The SMILES string of the molecule is CCc1ccc(CNC(=O)C(=O)N2CCC3(CC2)CN(C)C(=O)O3)c(F)c1. The van der Waals surface area contributed by atoms with Crippen molar-refractivity contribution in [3.8, 4) is 0 Å². The van der Waals surface area contributed by atoms with Gasteiger partial charge in [0.05, 0.1) is 6.54 Å². The van der Waals surface area contributed by atoms with Crippen LogP contribution in [0.15, 0.2) is 18.2 Å². The van der Waals surface area contributed by atoms with Gasteiger partial charge in [-0.1, -0.05) is 19.1 Å². The molecule has 0 unspecified atom stereocenters. The Morgan fingerprint density at radius 1 is 1.30 bits per heavy atom. The van der Waals surface area contributed by atoms with Crippen LogP contribution < -0.4 is 5.32 Å². The summed E-state index contributed by atoms with van der Waals surface area (Å²) in [6.07, 6.45) is 1.36. The number of amides is 3. The van der Waals surface area contributed by atoms with Crippen LogP contribution in [0.25, 0.3) is 0 Å². The van der Waals surface area contributed by atoms with Crippen LogP contribution in [0.3, 0.4) is 0 Å². The fraction of sp³-hybridized carbons (Fsp3) is 0.526. The average molecular weight is 377 g/mol. The molecule has 7 nitrogen and oxygen atoms in total. The summed E-state index contributed by atoms with van der Waals surface area (Å²) in [5.41, 5.74) is 0.648. The third-order valence-electron chi connectivity index (χ3n) is 5.26. The first-order valence-electron chi connectivity index (χ1n) is 9.12. The highest BCUT2D eigenvalue weighted by Crippen LogP contribution is 2.32. The number of carbonyl (C=O) groups is 3. The van der Waals surface area contributed by atoms with Crippen molar-refractivity contribution in [3.63, 3.8) is 0 Å². The zero-order valence-corrected chi connectivity index (χ0v) is 15.6. The fourth-order valence-electron chi connectivity index (χ4n) is 3.52. The van der Waals surface area contributed by atoms with E-state index in [2.05, 4.69) is 5.32 Å². The Balaban J connectivity index is 1.51. The van der Waals surface area contributed by atoms with Crippen LogP contribution in [0.1, 0.15) is 30.9 Å². The van der Waals surface area contributed by atoms with E-state index in [9.17, 15) is 18.8 Å². The Bertz CT molecular complexity index is 759. The Hall–Kier alpha value is -2.64. The normalized spacial score (nSPS) is 18.6. The van der Waals surface area contributed by atoms with Gasteiger partial charge in [-0.25, -0.2) is 9.18 Å². The maximum absolute atomic E-state index is 14.0. The van der Waals surface area contributed by atoms with E-state index < -0.39 is 23.2 Å². The van der Waals surface area contributed by atoms with Crippen LogP contribution in [0.5, 0.6) is 0 Å². The molecule has 2 saturated heterocycles. The van der Waals surface area contributed by atoms with Gasteiger partial charge in [0.15, 0.2) is 0 Å². The molecule has 3 amide bonds. The number of piperidine rings is 1. The monoisotopic (exact) mass is 377 g/mol. The van der Waals surface area contributed by atoms with Crippen molar-refractivity contribution in [2.75, 3.05) is 26.7 Å². The quantitative estimate of drug-likeness (QED) is 0.809. The van der Waals surface area contributed by atoms with E-state index in [1.165, 1.54) is 15.9 Å². The number of aryl methyl sites for hydroxylation is 1. The standard InChI is InChI=1S/C19H24FN3O4/c1-3-13-4-5-14(15(20)10-13)11-21-16(24)17(25)23-8-6-19(7-9-23)12-22(2)18(26)27-19/h4-5,10H,3,6-9,11-12H2,1-2H3,(H,21,24). The molecule has 2 fully saturated rings. The minimum absolute atomic E-state index is 0.0411. The van der Waals surface area contributed by atoms with Gasteiger partial charge in [0.25, 0.3) is 0 Å². The van der Waals surface area contributed by atoms with Crippen molar-refractivity contribution in [1.82, 2.24) is 15.1 Å². The summed E-state index contributed by atoms with van der Waals surface area (Å²) in [6.45, 7) is 3.07. The molecule has 0 atom stereocenters. The molecule has 2 aliphatic rings.